The molecule has 0 aromatic rings. The summed E-state index contributed by atoms with van der Waals surface area (Å²) in [5.41, 5.74) is -0.376. The van der Waals surface area contributed by atoms with Crippen LogP contribution in [0.3, 0.4) is 0 Å². The fourth-order valence-electron chi connectivity index (χ4n) is 2.02. The monoisotopic (exact) mass is 228 g/mol. The third-order valence-electron chi connectivity index (χ3n) is 3.40. The van der Waals surface area contributed by atoms with Gasteiger partial charge in [-0.05, 0) is 33.7 Å². The van der Waals surface area contributed by atoms with Gasteiger partial charge in [-0.1, -0.05) is 0 Å². The van der Waals surface area contributed by atoms with Gasteiger partial charge >= 0.3 is 5.97 Å². The Balaban J connectivity index is 2.40. The van der Waals surface area contributed by atoms with Crippen molar-refractivity contribution in [1.82, 2.24) is 10.2 Å². The standard InChI is InChI=1S/C12H24N2O2/c1-10-9-13-6-8-14(10)7-5-12(2,3)11(15)16-4/h10,13H,5-9H2,1-4H3/t10-/m1/s1. The van der Waals surface area contributed by atoms with Gasteiger partial charge in [0.15, 0.2) is 0 Å². The van der Waals surface area contributed by atoms with Crippen molar-refractivity contribution in [3.8, 4) is 0 Å². The average molecular weight is 228 g/mol. The number of nitrogens with one attached hydrogen (secondary N) is 1. The van der Waals surface area contributed by atoms with E-state index >= 15 is 0 Å². The number of ether oxygens (including phenoxy) is 1. The summed E-state index contributed by atoms with van der Waals surface area (Å²) in [5, 5.41) is 3.36. The minimum absolute atomic E-state index is 0.115. The van der Waals surface area contributed by atoms with Crippen molar-refractivity contribution in [3.63, 3.8) is 0 Å². The molecule has 0 aliphatic carbocycles. The van der Waals surface area contributed by atoms with Crippen molar-refractivity contribution in [1.29, 1.82) is 0 Å². The Hall–Kier alpha value is -0.610. The maximum Gasteiger partial charge on any atom is 0.311 e. The molecule has 0 bridgehead atoms. The summed E-state index contributed by atoms with van der Waals surface area (Å²) in [6.07, 6.45) is 0.851. The van der Waals surface area contributed by atoms with E-state index in [4.69, 9.17) is 4.74 Å². The zero-order valence-electron chi connectivity index (χ0n) is 10.9. The lowest BCUT2D eigenvalue weighted by atomic mass is 9.89. The minimum Gasteiger partial charge on any atom is -0.469 e. The van der Waals surface area contributed by atoms with E-state index < -0.39 is 0 Å². The van der Waals surface area contributed by atoms with E-state index in [9.17, 15) is 4.79 Å². The number of carbonyl (C=O) groups excluding carboxylic acids is 1. The van der Waals surface area contributed by atoms with Gasteiger partial charge in [-0.25, -0.2) is 0 Å². The Kier molecular flexibility index (Phi) is 4.74. The summed E-state index contributed by atoms with van der Waals surface area (Å²) in [4.78, 5) is 14.0. The Morgan fingerprint density at radius 2 is 2.25 bits per heavy atom. The van der Waals surface area contributed by atoms with Crippen LogP contribution in [-0.4, -0.2) is 50.2 Å². The van der Waals surface area contributed by atoms with Gasteiger partial charge in [-0.15, -0.1) is 0 Å². The SMILES string of the molecule is COC(=O)C(C)(C)CCN1CCNC[C@H]1C. The fourth-order valence-corrected chi connectivity index (χ4v) is 2.02. The van der Waals surface area contributed by atoms with Crippen LogP contribution < -0.4 is 5.32 Å². The van der Waals surface area contributed by atoms with Crippen LogP contribution in [0.1, 0.15) is 27.2 Å². The van der Waals surface area contributed by atoms with Crippen LogP contribution in [0, 0.1) is 5.41 Å². The summed E-state index contributed by atoms with van der Waals surface area (Å²) in [5.74, 6) is -0.115. The van der Waals surface area contributed by atoms with Crippen LogP contribution >= 0.6 is 0 Å². The number of esters is 1. The van der Waals surface area contributed by atoms with Gasteiger partial charge in [0.1, 0.15) is 0 Å². The molecule has 1 aliphatic rings. The zero-order chi connectivity index (χ0) is 12.2. The lowest BCUT2D eigenvalue weighted by Crippen LogP contribution is -2.50. The van der Waals surface area contributed by atoms with Gasteiger partial charge in [-0.3, -0.25) is 9.69 Å². The number of carbonyl (C=O) groups is 1. The molecule has 94 valence electrons. The van der Waals surface area contributed by atoms with Gasteiger partial charge in [-0.2, -0.15) is 0 Å². The third kappa shape index (κ3) is 3.46. The highest BCUT2D eigenvalue weighted by Crippen LogP contribution is 2.23. The number of piperazine rings is 1. The molecule has 0 saturated carbocycles. The Morgan fingerprint density at radius 1 is 1.56 bits per heavy atom. The van der Waals surface area contributed by atoms with E-state index in [1.807, 2.05) is 13.8 Å². The van der Waals surface area contributed by atoms with Gasteiger partial charge in [0.05, 0.1) is 12.5 Å². The van der Waals surface area contributed by atoms with Gasteiger partial charge in [0.25, 0.3) is 0 Å². The normalized spacial score (nSPS) is 23.1. The van der Waals surface area contributed by atoms with Crippen molar-refractivity contribution >= 4 is 5.97 Å². The molecule has 1 heterocycles. The summed E-state index contributed by atoms with van der Waals surface area (Å²) < 4.78 is 4.81. The fraction of sp³-hybridized carbons (Fsp3) is 0.917. The van der Waals surface area contributed by atoms with Crippen LogP contribution in [0.15, 0.2) is 0 Å². The topological polar surface area (TPSA) is 41.6 Å². The highest BCUT2D eigenvalue weighted by Gasteiger charge is 2.30. The Bertz CT molecular complexity index is 241. The van der Waals surface area contributed by atoms with Crippen LogP contribution in [0.4, 0.5) is 0 Å². The van der Waals surface area contributed by atoms with E-state index in [2.05, 4.69) is 17.1 Å². The first-order valence-electron chi connectivity index (χ1n) is 6.00. The molecule has 0 radical (unpaired) electrons. The first kappa shape index (κ1) is 13.5. The van der Waals surface area contributed by atoms with Gasteiger partial charge in [0, 0.05) is 25.7 Å². The van der Waals surface area contributed by atoms with E-state index in [1.165, 1.54) is 7.11 Å². The number of hydrogen-bond donors (Lipinski definition) is 1. The van der Waals surface area contributed by atoms with Crippen LogP contribution in [0.25, 0.3) is 0 Å². The largest absolute Gasteiger partial charge is 0.469 e. The second-order valence-corrected chi connectivity index (χ2v) is 5.21. The molecule has 1 rings (SSSR count). The molecule has 0 unspecified atom stereocenters. The lowest BCUT2D eigenvalue weighted by Gasteiger charge is -2.35. The number of rotatable bonds is 4. The van der Waals surface area contributed by atoms with E-state index in [0.717, 1.165) is 32.6 Å². The molecule has 4 heteroatoms. The van der Waals surface area contributed by atoms with Crippen molar-refractivity contribution in [2.24, 2.45) is 5.41 Å². The molecular weight excluding hydrogens is 204 g/mol. The number of methoxy groups -OCH3 is 1. The first-order chi connectivity index (χ1) is 7.47. The molecule has 0 spiro atoms. The summed E-state index contributed by atoms with van der Waals surface area (Å²) in [7, 11) is 1.46. The molecular formula is C12H24N2O2. The minimum atomic E-state index is -0.376. The predicted molar refractivity (Wildman–Crippen MR) is 64.3 cm³/mol. The molecule has 1 aliphatic heterocycles. The second-order valence-electron chi connectivity index (χ2n) is 5.21. The quantitative estimate of drug-likeness (QED) is 0.725. The summed E-state index contributed by atoms with van der Waals surface area (Å²) in [6, 6.07) is 0.558. The Morgan fingerprint density at radius 3 is 2.81 bits per heavy atom. The van der Waals surface area contributed by atoms with E-state index in [-0.39, 0.29) is 11.4 Å². The van der Waals surface area contributed by atoms with Crippen molar-refractivity contribution < 1.29 is 9.53 Å². The number of hydrogen-bond acceptors (Lipinski definition) is 4. The Labute approximate surface area is 98.3 Å². The lowest BCUT2D eigenvalue weighted by molar-refractivity contribution is -0.151. The molecule has 1 N–H and O–H groups in total. The average Bonchev–Trinajstić information content (AvgIpc) is 2.27. The zero-order valence-corrected chi connectivity index (χ0v) is 10.9. The highest BCUT2D eigenvalue weighted by molar-refractivity contribution is 5.75. The first-order valence-corrected chi connectivity index (χ1v) is 6.00. The van der Waals surface area contributed by atoms with Crippen molar-refractivity contribution in [2.75, 3.05) is 33.3 Å². The predicted octanol–water partition coefficient (Wildman–Crippen LogP) is 0.869. The van der Waals surface area contributed by atoms with Gasteiger partial charge in [0.2, 0.25) is 0 Å². The third-order valence-corrected chi connectivity index (χ3v) is 3.40. The molecule has 1 fully saturated rings. The molecule has 4 nitrogen and oxygen atoms in total. The van der Waals surface area contributed by atoms with E-state index in [0.29, 0.717) is 6.04 Å². The molecule has 0 amide bonds. The van der Waals surface area contributed by atoms with Crippen LogP contribution in [-0.2, 0) is 9.53 Å². The summed E-state index contributed by atoms with van der Waals surface area (Å²) >= 11 is 0. The van der Waals surface area contributed by atoms with Crippen molar-refractivity contribution in [3.05, 3.63) is 0 Å². The molecule has 0 aromatic carbocycles. The van der Waals surface area contributed by atoms with E-state index in [1.54, 1.807) is 0 Å². The molecule has 0 aromatic heterocycles. The highest BCUT2D eigenvalue weighted by atomic mass is 16.5. The molecule has 16 heavy (non-hydrogen) atoms. The second kappa shape index (κ2) is 5.64. The van der Waals surface area contributed by atoms with Crippen molar-refractivity contribution in [2.45, 2.75) is 33.2 Å². The molecule has 1 atom stereocenters. The van der Waals surface area contributed by atoms with Crippen LogP contribution in [0.2, 0.25) is 0 Å². The maximum atomic E-state index is 11.5. The van der Waals surface area contributed by atoms with Gasteiger partial charge < -0.3 is 10.1 Å². The van der Waals surface area contributed by atoms with Crippen LogP contribution in [0.5, 0.6) is 0 Å². The maximum absolute atomic E-state index is 11.5. The number of nitrogens with zero attached hydrogens (tertiary/aromatic N) is 1. The smallest absolute Gasteiger partial charge is 0.311 e. The summed E-state index contributed by atoms with van der Waals surface area (Å²) in [6.45, 7) is 10.2. The molecule has 1 saturated heterocycles.